The van der Waals surface area contributed by atoms with E-state index in [9.17, 15) is 14.4 Å². The van der Waals surface area contributed by atoms with Crippen molar-refractivity contribution in [1.82, 2.24) is 4.90 Å². The Bertz CT molecular complexity index is 1170. The van der Waals surface area contributed by atoms with E-state index in [0.29, 0.717) is 36.7 Å². The molecule has 0 saturated carbocycles. The first kappa shape index (κ1) is 21.5. The van der Waals surface area contributed by atoms with Crippen LogP contribution in [0.5, 0.6) is 5.75 Å². The molecule has 1 aliphatic rings. The van der Waals surface area contributed by atoms with Crippen LogP contribution in [-0.2, 0) is 6.54 Å². The van der Waals surface area contributed by atoms with Gasteiger partial charge in [-0.1, -0.05) is 12.1 Å². The molecule has 6 nitrogen and oxygen atoms in total. The monoisotopic (exact) mass is 446 g/mol. The zero-order valence-electron chi connectivity index (χ0n) is 17.6. The fourth-order valence-corrected chi connectivity index (χ4v) is 4.33. The summed E-state index contributed by atoms with van der Waals surface area (Å²) >= 11 is 1.57. The maximum absolute atomic E-state index is 13.2. The Morgan fingerprint density at radius 2 is 1.84 bits per heavy atom. The molecule has 1 aromatic heterocycles. The number of carbonyl (C=O) groups excluding carboxylic acids is 3. The molecule has 0 N–H and O–H groups in total. The number of amides is 3. The molecule has 4 rings (SSSR count). The Hall–Kier alpha value is -3.71. The first-order valence-electron chi connectivity index (χ1n) is 10.2. The third-order valence-electron chi connectivity index (χ3n) is 5.10. The van der Waals surface area contributed by atoms with Gasteiger partial charge in [0.25, 0.3) is 17.7 Å². The largest absolute Gasteiger partial charge is 0.494 e. The summed E-state index contributed by atoms with van der Waals surface area (Å²) in [5.74, 6) is -0.415. The predicted octanol–water partition coefficient (Wildman–Crippen LogP) is 4.78. The van der Waals surface area contributed by atoms with Crippen molar-refractivity contribution in [2.75, 3.05) is 18.1 Å². The number of anilines is 1. The van der Waals surface area contributed by atoms with Crippen LogP contribution in [-0.4, -0.2) is 35.8 Å². The molecule has 2 aromatic carbocycles. The first-order valence-corrected chi connectivity index (χ1v) is 11.1. The number of rotatable bonds is 8. The average molecular weight is 447 g/mol. The van der Waals surface area contributed by atoms with Crippen LogP contribution in [0.4, 0.5) is 5.69 Å². The number of imide groups is 1. The summed E-state index contributed by atoms with van der Waals surface area (Å²) in [6.07, 6.45) is 1.67. The summed E-state index contributed by atoms with van der Waals surface area (Å²) < 4.78 is 5.42. The molecule has 0 radical (unpaired) electrons. The number of fused-ring (bicyclic) bond motifs is 1. The van der Waals surface area contributed by atoms with E-state index in [-0.39, 0.29) is 17.0 Å². The third kappa shape index (κ3) is 4.07. The Kier molecular flexibility index (Phi) is 6.18. The number of thiophene rings is 1. The summed E-state index contributed by atoms with van der Waals surface area (Å²) in [4.78, 5) is 43.0. The van der Waals surface area contributed by atoms with E-state index < -0.39 is 11.8 Å². The topological polar surface area (TPSA) is 66.9 Å². The van der Waals surface area contributed by atoms with Crippen LogP contribution in [0, 0.1) is 0 Å². The van der Waals surface area contributed by atoms with E-state index in [0.717, 1.165) is 9.78 Å². The van der Waals surface area contributed by atoms with Crippen molar-refractivity contribution in [1.29, 1.82) is 0 Å². The van der Waals surface area contributed by atoms with Crippen LogP contribution in [0.2, 0.25) is 0 Å². The second-order valence-electron chi connectivity index (χ2n) is 7.19. The minimum atomic E-state index is -0.447. The highest BCUT2D eigenvalue weighted by atomic mass is 32.1. The first-order chi connectivity index (χ1) is 15.5. The van der Waals surface area contributed by atoms with Crippen molar-refractivity contribution in [2.45, 2.75) is 13.5 Å². The molecule has 0 aliphatic carbocycles. The average Bonchev–Trinajstić information content (AvgIpc) is 3.40. The number of ether oxygens (including phenoxy) is 1. The Morgan fingerprint density at radius 1 is 1.09 bits per heavy atom. The fourth-order valence-electron chi connectivity index (χ4n) is 3.61. The van der Waals surface area contributed by atoms with E-state index in [2.05, 4.69) is 6.58 Å². The van der Waals surface area contributed by atoms with E-state index in [1.165, 1.54) is 6.07 Å². The molecule has 32 heavy (non-hydrogen) atoms. The van der Waals surface area contributed by atoms with E-state index in [4.69, 9.17) is 4.74 Å². The molecule has 7 heteroatoms. The molecule has 0 unspecified atom stereocenters. The van der Waals surface area contributed by atoms with Gasteiger partial charge in [-0.25, -0.2) is 4.90 Å². The summed E-state index contributed by atoms with van der Waals surface area (Å²) in [5, 5.41) is 1.96. The van der Waals surface area contributed by atoms with Gasteiger partial charge in [-0.2, -0.15) is 0 Å². The van der Waals surface area contributed by atoms with Crippen molar-refractivity contribution in [3.05, 3.63) is 94.2 Å². The molecule has 0 atom stereocenters. The van der Waals surface area contributed by atoms with Crippen LogP contribution in [0.3, 0.4) is 0 Å². The SMILES string of the molecule is C=CCN(Cc1cccs1)C(=O)c1ccc2c(c1)C(=O)N(c1ccc(OCC)cc1)C2=O. The van der Waals surface area contributed by atoms with Crippen molar-refractivity contribution in [2.24, 2.45) is 0 Å². The van der Waals surface area contributed by atoms with Gasteiger partial charge in [-0.15, -0.1) is 17.9 Å². The summed E-state index contributed by atoms with van der Waals surface area (Å²) in [6.45, 7) is 6.97. The lowest BCUT2D eigenvalue weighted by molar-refractivity contribution is 0.0763. The van der Waals surface area contributed by atoms with E-state index in [1.54, 1.807) is 58.7 Å². The molecule has 3 aromatic rings. The molecule has 2 heterocycles. The van der Waals surface area contributed by atoms with Crippen molar-refractivity contribution in [3.63, 3.8) is 0 Å². The van der Waals surface area contributed by atoms with Gasteiger partial charge < -0.3 is 9.64 Å². The third-order valence-corrected chi connectivity index (χ3v) is 5.96. The highest BCUT2D eigenvalue weighted by molar-refractivity contribution is 7.09. The van der Waals surface area contributed by atoms with Gasteiger partial charge in [0, 0.05) is 17.0 Å². The quantitative estimate of drug-likeness (QED) is 0.369. The second kappa shape index (κ2) is 9.20. The molecule has 0 bridgehead atoms. The van der Waals surface area contributed by atoms with Gasteiger partial charge in [0.2, 0.25) is 0 Å². The van der Waals surface area contributed by atoms with Gasteiger partial charge in [-0.3, -0.25) is 14.4 Å². The van der Waals surface area contributed by atoms with Crippen LogP contribution in [0.1, 0.15) is 42.9 Å². The van der Waals surface area contributed by atoms with Gasteiger partial charge in [0.15, 0.2) is 0 Å². The minimum Gasteiger partial charge on any atom is -0.494 e. The highest BCUT2D eigenvalue weighted by Crippen LogP contribution is 2.30. The molecule has 0 saturated heterocycles. The number of hydrogen-bond acceptors (Lipinski definition) is 5. The van der Waals surface area contributed by atoms with E-state index in [1.807, 2.05) is 24.4 Å². The second-order valence-corrected chi connectivity index (χ2v) is 8.22. The normalized spacial score (nSPS) is 12.6. The molecular formula is C25H22N2O4S. The molecule has 1 aliphatic heterocycles. The lowest BCUT2D eigenvalue weighted by Crippen LogP contribution is -2.30. The number of hydrogen-bond donors (Lipinski definition) is 0. The molecule has 0 spiro atoms. The van der Waals surface area contributed by atoms with Gasteiger partial charge >= 0.3 is 0 Å². The molecular weight excluding hydrogens is 424 g/mol. The van der Waals surface area contributed by atoms with Crippen LogP contribution in [0.25, 0.3) is 0 Å². The van der Waals surface area contributed by atoms with Crippen LogP contribution in [0.15, 0.2) is 72.6 Å². The zero-order chi connectivity index (χ0) is 22.7. The Morgan fingerprint density at radius 3 is 2.50 bits per heavy atom. The predicted molar refractivity (Wildman–Crippen MR) is 124 cm³/mol. The maximum atomic E-state index is 13.2. The summed E-state index contributed by atoms with van der Waals surface area (Å²) in [6, 6.07) is 15.3. The lowest BCUT2D eigenvalue weighted by Gasteiger charge is -2.20. The number of nitrogens with zero attached hydrogens (tertiary/aromatic N) is 2. The van der Waals surface area contributed by atoms with Crippen molar-refractivity contribution < 1.29 is 19.1 Å². The fraction of sp³-hybridized carbons (Fsp3) is 0.160. The van der Waals surface area contributed by atoms with Crippen LogP contribution >= 0.6 is 11.3 Å². The lowest BCUT2D eigenvalue weighted by atomic mass is 10.0. The summed E-state index contributed by atoms with van der Waals surface area (Å²) in [5.41, 5.74) is 1.33. The molecule has 0 fully saturated rings. The zero-order valence-corrected chi connectivity index (χ0v) is 18.4. The van der Waals surface area contributed by atoms with Crippen molar-refractivity contribution in [3.8, 4) is 5.75 Å². The smallest absolute Gasteiger partial charge is 0.266 e. The standard InChI is InChI=1S/C25H22N2O4S/c1-3-13-26(16-20-6-5-14-32-20)23(28)17-7-12-21-22(15-17)25(30)27(24(21)29)18-8-10-19(11-9-18)31-4-2/h3,5-12,14-15H,1,4,13,16H2,2H3. The Balaban J connectivity index is 1.60. The highest BCUT2D eigenvalue weighted by Gasteiger charge is 2.37. The van der Waals surface area contributed by atoms with E-state index >= 15 is 0 Å². The number of benzene rings is 2. The van der Waals surface area contributed by atoms with Gasteiger partial charge in [-0.05, 0) is 60.8 Å². The summed E-state index contributed by atoms with van der Waals surface area (Å²) in [7, 11) is 0. The minimum absolute atomic E-state index is 0.221. The number of carbonyl (C=O) groups is 3. The maximum Gasteiger partial charge on any atom is 0.266 e. The van der Waals surface area contributed by atoms with Crippen molar-refractivity contribution >= 4 is 34.7 Å². The van der Waals surface area contributed by atoms with Gasteiger partial charge in [0.05, 0.1) is 30.0 Å². The van der Waals surface area contributed by atoms with Gasteiger partial charge in [0.1, 0.15) is 5.75 Å². The molecule has 3 amide bonds. The molecule has 162 valence electrons. The Labute approximate surface area is 190 Å². The van der Waals surface area contributed by atoms with Crippen LogP contribution < -0.4 is 9.64 Å².